The monoisotopic (exact) mass is 170 g/mol. The van der Waals surface area contributed by atoms with Crippen LogP contribution in [0.4, 0.5) is 0 Å². The number of hydrogen-bond acceptors (Lipinski definition) is 0. The number of rotatable bonds is 4. The standard InChI is InChI=1S/C6H14.C4H6.C2H6/c1-3-5-6-4-2;1-3-4-2;1-2/h3-6H2,1-2H3;3-4H,1-2H2;1-2H3. The lowest BCUT2D eigenvalue weighted by Crippen LogP contribution is -1.66. The van der Waals surface area contributed by atoms with E-state index in [0.717, 1.165) is 0 Å². The average molecular weight is 170 g/mol. The largest absolute Gasteiger partial charge is 0.0991 e. The van der Waals surface area contributed by atoms with Crippen molar-refractivity contribution in [1.29, 1.82) is 0 Å². The van der Waals surface area contributed by atoms with Crippen LogP contribution >= 0.6 is 0 Å². The summed E-state index contributed by atoms with van der Waals surface area (Å²) in [6.45, 7) is 15.2. The van der Waals surface area contributed by atoms with Gasteiger partial charge in [-0.25, -0.2) is 0 Å². The van der Waals surface area contributed by atoms with Gasteiger partial charge in [-0.2, -0.15) is 0 Å². The van der Waals surface area contributed by atoms with Gasteiger partial charge >= 0.3 is 0 Å². The Labute approximate surface area is 79.4 Å². The highest BCUT2D eigenvalue weighted by Crippen LogP contribution is 1.95. The zero-order valence-corrected chi connectivity index (χ0v) is 9.40. The molecule has 0 aliphatic carbocycles. The molecule has 0 atom stereocenters. The fraction of sp³-hybridized carbons (Fsp3) is 0.667. The van der Waals surface area contributed by atoms with Crippen molar-refractivity contribution in [3.63, 3.8) is 0 Å². The normalized spacial score (nSPS) is 6.67. The Bertz CT molecular complexity index is 52.4. The van der Waals surface area contributed by atoms with Gasteiger partial charge in [-0.1, -0.05) is 78.7 Å². The van der Waals surface area contributed by atoms with Crippen molar-refractivity contribution >= 4 is 0 Å². The van der Waals surface area contributed by atoms with E-state index in [0.29, 0.717) is 0 Å². The molecular formula is C12H26. The molecule has 0 saturated carbocycles. The molecule has 0 heteroatoms. The highest BCUT2D eigenvalue weighted by atomic mass is 13.8. The third kappa shape index (κ3) is 56.3. The smallest absolute Gasteiger partial charge is 0.0536 e. The second-order valence-corrected chi connectivity index (χ2v) is 2.18. The zero-order chi connectivity index (χ0) is 10.2. The maximum atomic E-state index is 3.36. The molecule has 0 N–H and O–H groups in total. The fourth-order valence-corrected chi connectivity index (χ4v) is 0.500. The van der Waals surface area contributed by atoms with Crippen LogP contribution in [-0.4, -0.2) is 0 Å². The topological polar surface area (TPSA) is 0 Å². The van der Waals surface area contributed by atoms with Crippen LogP contribution in [0.25, 0.3) is 0 Å². The van der Waals surface area contributed by atoms with Crippen LogP contribution in [0.5, 0.6) is 0 Å². The van der Waals surface area contributed by atoms with Gasteiger partial charge in [-0.15, -0.1) is 0 Å². The minimum atomic E-state index is 1.36. The highest BCUT2D eigenvalue weighted by molar-refractivity contribution is 4.88. The van der Waals surface area contributed by atoms with Gasteiger partial charge < -0.3 is 0 Å². The van der Waals surface area contributed by atoms with Crippen LogP contribution in [0, 0.1) is 0 Å². The van der Waals surface area contributed by atoms with Crippen LogP contribution in [0.2, 0.25) is 0 Å². The van der Waals surface area contributed by atoms with E-state index < -0.39 is 0 Å². The summed E-state index contributed by atoms with van der Waals surface area (Å²) in [6, 6.07) is 0. The van der Waals surface area contributed by atoms with E-state index in [4.69, 9.17) is 0 Å². The third-order valence-corrected chi connectivity index (χ3v) is 1.12. The van der Waals surface area contributed by atoms with Crippen molar-refractivity contribution in [3.8, 4) is 0 Å². The summed E-state index contributed by atoms with van der Waals surface area (Å²) in [5.74, 6) is 0. The third-order valence-electron chi connectivity index (χ3n) is 1.12. The Morgan fingerprint density at radius 1 is 0.833 bits per heavy atom. The summed E-state index contributed by atoms with van der Waals surface area (Å²) in [6.07, 6.45) is 8.81. The molecular weight excluding hydrogens is 144 g/mol. The van der Waals surface area contributed by atoms with Crippen molar-refractivity contribution in [3.05, 3.63) is 25.3 Å². The molecule has 0 heterocycles. The fourth-order valence-electron chi connectivity index (χ4n) is 0.500. The van der Waals surface area contributed by atoms with Gasteiger partial charge in [-0.3, -0.25) is 0 Å². The van der Waals surface area contributed by atoms with Crippen LogP contribution in [0.15, 0.2) is 25.3 Å². The van der Waals surface area contributed by atoms with Crippen molar-refractivity contribution in [1.82, 2.24) is 0 Å². The van der Waals surface area contributed by atoms with E-state index in [2.05, 4.69) is 27.0 Å². The van der Waals surface area contributed by atoms with Crippen molar-refractivity contribution in [2.45, 2.75) is 53.4 Å². The lowest BCUT2D eigenvalue weighted by molar-refractivity contribution is 0.702. The summed E-state index contributed by atoms with van der Waals surface area (Å²) in [5, 5.41) is 0. The minimum absolute atomic E-state index is 1.36. The predicted molar refractivity (Wildman–Crippen MR) is 61.6 cm³/mol. The average Bonchev–Trinajstić information content (AvgIpc) is 2.18. The maximum absolute atomic E-state index is 3.36. The predicted octanol–water partition coefficient (Wildman–Crippen LogP) is 4.97. The van der Waals surface area contributed by atoms with Gasteiger partial charge in [0.05, 0.1) is 0 Å². The SMILES string of the molecule is C=CC=C.CC.CCCCCC. The molecule has 74 valence electrons. The highest BCUT2D eigenvalue weighted by Gasteiger charge is 1.75. The molecule has 0 amide bonds. The summed E-state index contributed by atoms with van der Waals surface area (Å²) >= 11 is 0. The van der Waals surface area contributed by atoms with Crippen molar-refractivity contribution in [2.24, 2.45) is 0 Å². The Morgan fingerprint density at radius 2 is 1.08 bits per heavy atom. The van der Waals surface area contributed by atoms with Crippen LogP contribution < -0.4 is 0 Å². The van der Waals surface area contributed by atoms with E-state index in [1.807, 2.05) is 13.8 Å². The van der Waals surface area contributed by atoms with E-state index in [9.17, 15) is 0 Å². The van der Waals surface area contributed by atoms with E-state index >= 15 is 0 Å². The molecule has 0 spiro atoms. The molecule has 0 aromatic heterocycles. The first-order valence-corrected chi connectivity index (χ1v) is 5.06. The van der Waals surface area contributed by atoms with Gasteiger partial charge in [0.25, 0.3) is 0 Å². The lowest BCUT2D eigenvalue weighted by atomic mass is 10.2. The first-order valence-electron chi connectivity index (χ1n) is 5.06. The second-order valence-electron chi connectivity index (χ2n) is 2.18. The summed E-state index contributed by atoms with van der Waals surface area (Å²) in [7, 11) is 0. The Morgan fingerprint density at radius 3 is 1.17 bits per heavy atom. The van der Waals surface area contributed by atoms with Crippen molar-refractivity contribution in [2.75, 3.05) is 0 Å². The minimum Gasteiger partial charge on any atom is -0.0991 e. The summed E-state index contributed by atoms with van der Waals surface area (Å²) < 4.78 is 0. The Balaban J connectivity index is -0.000000118. The molecule has 0 fully saturated rings. The molecule has 0 aromatic rings. The molecule has 0 unspecified atom stereocenters. The van der Waals surface area contributed by atoms with E-state index in [-0.39, 0.29) is 0 Å². The van der Waals surface area contributed by atoms with Gasteiger partial charge in [0.1, 0.15) is 0 Å². The van der Waals surface area contributed by atoms with Crippen LogP contribution in [0.1, 0.15) is 53.4 Å². The zero-order valence-electron chi connectivity index (χ0n) is 9.40. The molecule has 0 bridgehead atoms. The van der Waals surface area contributed by atoms with Gasteiger partial charge in [0.2, 0.25) is 0 Å². The quantitative estimate of drug-likeness (QED) is 0.413. The second kappa shape index (κ2) is 31.4. The Hall–Kier alpha value is -0.520. The van der Waals surface area contributed by atoms with Gasteiger partial charge in [0, 0.05) is 0 Å². The number of allylic oxidation sites excluding steroid dienone is 2. The van der Waals surface area contributed by atoms with E-state index in [1.54, 1.807) is 12.2 Å². The van der Waals surface area contributed by atoms with Crippen molar-refractivity contribution < 1.29 is 0 Å². The molecule has 0 aromatic carbocycles. The molecule has 0 aliphatic rings. The molecule has 0 rings (SSSR count). The lowest BCUT2D eigenvalue weighted by Gasteiger charge is -1.86. The molecule has 12 heavy (non-hydrogen) atoms. The van der Waals surface area contributed by atoms with Crippen LogP contribution in [-0.2, 0) is 0 Å². The first-order chi connectivity index (χ1) is 5.83. The molecule has 0 radical (unpaired) electrons. The molecule has 0 saturated heterocycles. The maximum Gasteiger partial charge on any atom is -0.0536 e. The number of unbranched alkanes of at least 4 members (excludes halogenated alkanes) is 3. The first kappa shape index (κ1) is 17.5. The molecule has 0 nitrogen and oxygen atoms in total. The van der Waals surface area contributed by atoms with E-state index in [1.165, 1.54) is 25.7 Å². The summed E-state index contributed by atoms with van der Waals surface area (Å²) in [5.41, 5.74) is 0. The molecule has 0 aliphatic heterocycles. The van der Waals surface area contributed by atoms with Crippen LogP contribution in [0.3, 0.4) is 0 Å². The number of hydrogen-bond donors (Lipinski definition) is 0. The Kier molecular flexibility index (Phi) is 45.8. The van der Waals surface area contributed by atoms with Gasteiger partial charge in [-0.05, 0) is 0 Å². The summed E-state index contributed by atoms with van der Waals surface area (Å²) in [4.78, 5) is 0. The van der Waals surface area contributed by atoms with Gasteiger partial charge in [0.15, 0.2) is 0 Å².